The van der Waals surface area contributed by atoms with Gasteiger partial charge < -0.3 is 15.5 Å². The number of aliphatic hydroxyl groups excluding tert-OH is 2. The van der Waals surface area contributed by atoms with Gasteiger partial charge >= 0.3 is 0 Å². The minimum atomic E-state index is -0.872. The first-order valence-electron chi connectivity index (χ1n) is 37.0. The van der Waals surface area contributed by atoms with Gasteiger partial charge in [0.25, 0.3) is 0 Å². The first-order valence-corrected chi connectivity index (χ1v) is 37.0. The van der Waals surface area contributed by atoms with E-state index in [4.69, 9.17) is 0 Å². The van der Waals surface area contributed by atoms with Crippen LogP contribution in [-0.4, -0.2) is 34.9 Å². The summed E-state index contributed by atoms with van der Waals surface area (Å²) in [6.45, 7) is 4.32. The fourth-order valence-corrected chi connectivity index (χ4v) is 11.6. The summed E-state index contributed by atoms with van der Waals surface area (Å²) < 4.78 is 0. The van der Waals surface area contributed by atoms with E-state index in [1.54, 1.807) is 6.08 Å². The number of carbonyl (C=O) groups excluding carboxylic acids is 1. The predicted octanol–water partition coefficient (Wildman–Crippen LogP) is 25.4. The van der Waals surface area contributed by atoms with Crippen LogP contribution in [0.15, 0.2) is 60.8 Å². The fraction of sp³-hybridized carbons (Fsp3) is 0.857. The molecule has 81 heavy (non-hydrogen) atoms. The van der Waals surface area contributed by atoms with Crippen molar-refractivity contribution in [2.45, 2.75) is 418 Å². The molecule has 0 radical (unpaired) electrons. The lowest BCUT2D eigenvalue weighted by Crippen LogP contribution is -2.45. The van der Waals surface area contributed by atoms with Crippen molar-refractivity contribution >= 4 is 5.91 Å². The summed E-state index contributed by atoms with van der Waals surface area (Å²) >= 11 is 0. The highest BCUT2D eigenvalue weighted by molar-refractivity contribution is 5.76. The average Bonchev–Trinajstić information content (AvgIpc) is 3.47. The highest BCUT2D eigenvalue weighted by atomic mass is 16.3. The summed E-state index contributed by atoms with van der Waals surface area (Å²) in [5.74, 6) is -0.0705. The number of rotatable bonds is 69. The molecule has 0 bridgehead atoms. The van der Waals surface area contributed by atoms with Crippen LogP contribution in [0.25, 0.3) is 0 Å². The molecule has 0 aliphatic rings. The Kier molecular flexibility index (Phi) is 70.6. The molecule has 0 aliphatic heterocycles. The number of unbranched alkanes of at least 4 members (excludes halogenated alkanes) is 54. The molecular formula is C77H145NO3. The lowest BCUT2D eigenvalue weighted by atomic mass is 10.0. The van der Waals surface area contributed by atoms with Crippen LogP contribution in [0.5, 0.6) is 0 Å². The van der Waals surface area contributed by atoms with Crippen LogP contribution in [0.3, 0.4) is 0 Å². The Morgan fingerprint density at radius 3 is 0.790 bits per heavy atom. The van der Waals surface area contributed by atoms with E-state index < -0.39 is 12.1 Å². The molecule has 4 nitrogen and oxygen atoms in total. The Morgan fingerprint density at radius 2 is 0.519 bits per heavy atom. The van der Waals surface area contributed by atoms with Gasteiger partial charge in [0.15, 0.2) is 0 Å². The summed E-state index contributed by atoms with van der Waals surface area (Å²) in [6.07, 6.45) is 103. The van der Waals surface area contributed by atoms with Crippen molar-refractivity contribution in [1.82, 2.24) is 5.32 Å². The van der Waals surface area contributed by atoms with E-state index in [2.05, 4.69) is 67.8 Å². The number of amides is 1. The summed E-state index contributed by atoms with van der Waals surface area (Å²) in [7, 11) is 0. The maximum Gasteiger partial charge on any atom is 0.220 e. The third kappa shape index (κ3) is 68.8. The van der Waals surface area contributed by atoms with Gasteiger partial charge in [0.1, 0.15) is 0 Å². The van der Waals surface area contributed by atoms with Gasteiger partial charge in [0.05, 0.1) is 18.8 Å². The molecule has 0 aromatic heterocycles. The van der Waals surface area contributed by atoms with Crippen LogP contribution >= 0.6 is 0 Å². The van der Waals surface area contributed by atoms with Gasteiger partial charge in [-0.15, -0.1) is 0 Å². The lowest BCUT2D eigenvalue weighted by molar-refractivity contribution is -0.123. The predicted molar refractivity (Wildman–Crippen MR) is 364 cm³/mol. The molecule has 0 spiro atoms. The van der Waals surface area contributed by atoms with E-state index in [0.29, 0.717) is 6.42 Å². The second-order valence-electron chi connectivity index (χ2n) is 25.3. The van der Waals surface area contributed by atoms with Crippen LogP contribution in [0.4, 0.5) is 0 Å². The van der Waals surface area contributed by atoms with Crippen molar-refractivity contribution in [2.75, 3.05) is 6.61 Å². The van der Waals surface area contributed by atoms with Gasteiger partial charge in [-0.25, -0.2) is 0 Å². The highest BCUT2D eigenvalue weighted by Gasteiger charge is 2.18. The first kappa shape index (κ1) is 79.1. The fourth-order valence-electron chi connectivity index (χ4n) is 11.6. The summed E-state index contributed by atoms with van der Waals surface area (Å²) in [5.41, 5.74) is 0. The lowest BCUT2D eigenvalue weighted by Gasteiger charge is -2.19. The number of allylic oxidation sites excluding steroid dienone is 9. The topological polar surface area (TPSA) is 69.6 Å². The van der Waals surface area contributed by atoms with Gasteiger partial charge in [0.2, 0.25) is 5.91 Å². The number of nitrogens with one attached hydrogen (secondary N) is 1. The summed E-state index contributed by atoms with van der Waals surface area (Å²) in [5, 5.41) is 23.3. The molecule has 4 heteroatoms. The van der Waals surface area contributed by atoms with Gasteiger partial charge in [-0.05, 0) is 77.0 Å². The van der Waals surface area contributed by atoms with Crippen LogP contribution in [0.1, 0.15) is 406 Å². The first-order chi connectivity index (χ1) is 40.2. The zero-order valence-corrected chi connectivity index (χ0v) is 55.1. The third-order valence-corrected chi connectivity index (χ3v) is 17.2. The van der Waals surface area contributed by atoms with Gasteiger partial charge in [-0.1, -0.05) is 383 Å². The number of hydrogen-bond acceptors (Lipinski definition) is 3. The molecule has 1 amide bonds. The van der Waals surface area contributed by atoms with Crippen molar-refractivity contribution in [2.24, 2.45) is 0 Å². The molecule has 0 fully saturated rings. The Bertz CT molecular complexity index is 1330. The maximum absolute atomic E-state index is 12.5. The van der Waals surface area contributed by atoms with E-state index in [0.717, 1.165) is 44.9 Å². The molecule has 0 saturated carbocycles. The van der Waals surface area contributed by atoms with Crippen molar-refractivity contribution < 1.29 is 15.0 Å². The largest absolute Gasteiger partial charge is 0.394 e. The average molecular weight is 1130 g/mol. The number of carbonyl (C=O) groups is 1. The van der Waals surface area contributed by atoms with E-state index in [1.807, 2.05) is 6.08 Å². The van der Waals surface area contributed by atoms with Crippen LogP contribution < -0.4 is 5.32 Å². The van der Waals surface area contributed by atoms with E-state index in [1.165, 1.54) is 340 Å². The third-order valence-electron chi connectivity index (χ3n) is 17.2. The molecule has 3 N–H and O–H groups in total. The molecule has 0 aromatic carbocycles. The highest BCUT2D eigenvalue weighted by Crippen LogP contribution is 2.19. The molecule has 476 valence electrons. The Morgan fingerprint density at radius 1 is 0.296 bits per heavy atom. The SMILES string of the molecule is CCCCCCC/C=C\C/C=C\CCCCCCCCCCCCCCCCCCCCCCCCCCCCCCCC(=O)NC(CO)C(O)/C=C/CC/C=C/CC/C=C/CCCCCCCCCCCCCCCCCCCC. The Balaban J connectivity index is 3.44. The van der Waals surface area contributed by atoms with Crippen molar-refractivity contribution in [3.63, 3.8) is 0 Å². The van der Waals surface area contributed by atoms with Crippen molar-refractivity contribution in [1.29, 1.82) is 0 Å². The van der Waals surface area contributed by atoms with E-state index in [-0.39, 0.29) is 12.5 Å². The zero-order valence-electron chi connectivity index (χ0n) is 55.1. The number of aliphatic hydroxyl groups is 2. The second kappa shape index (κ2) is 72.3. The quantitative estimate of drug-likeness (QED) is 0.0420. The molecule has 2 unspecified atom stereocenters. The van der Waals surface area contributed by atoms with Crippen LogP contribution in [0.2, 0.25) is 0 Å². The van der Waals surface area contributed by atoms with Crippen LogP contribution in [-0.2, 0) is 4.79 Å². The standard InChI is InChI=1S/C77H145NO3/c1-3-5-7-9-11-13-15-17-19-21-23-25-27-29-31-33-34-35-36-37-38-39-40-41-42-43-44-45-47-49-51-53-55-57-59-61-63-65-67-69-71-73-77(81)78-75(74-79)76(80)72-70-68-66-64-62-60-58-56-54-52-50-48-46-32-30-28-26-24-22-20-18-16-14-12-10-8-6-4-2/h15,17,21,23,54,56,62,64,70,72,75-76,79-80H,3-14,16,18-20,22,24-53,55,57-61,63,65-69,71,73-74H2,1-2H3,(H,78,81)/b17-15-,23-21-,56-54+,64-62+,72-70+. The minimum absolute atomic E-state index is 0.0705. The zero-order chi connectivity index (χ0) is 58.4. The van der Waals surface area contributed by atoms with Gasteiger partial charge in [0, 0.05) is 6.42 Å². The monoisotopic (exact) mass is 1130 g/mol. The smallest absolute Gasteiger partial charge is 0.220 e. The minimum Gasteiger partial charge on any atom is -0.394 e. The van der Waals surface area contributed by atoms with Crippen molar-refractivity contribution in [3.8, 4) is 0 Å². The summed E-state index contributed by atoms with van der Waals surface area (Å²) in [6, 6.07) is -0.647. The maximum atomic E-state index is 12.5. The summed E-state index contributed by atoms with van der Waals surface area (Å²) in [4.78, 5) is 12.5. The molecule has 2 atom stereocenters. The molecule has 0 aliphatic carbocycles. The molecule has 0 saturated heterocycles. The second-order valence-corrected chi connectivity index (χ2v) is 25.3. The van der Waals surface area contributed by atoms with Gasteiger partial charge in [-0.3, -0.25) is 4.79 Å². The molecule has 0 heterocycles. The van der Waals surface area contributed by atoms with Gasteiger partial charge in [-0.2, -0.15) is 0 Å². The number of hydrogen-bond donors (Lipinski definition) is 3. The molecule has 0 aromatic rings. The normalized spacial score (nSPS) is 13.0. The van der Waals surface area contributed by atoms with E-state index >= 15 is 0 Å². The Labute approximate surface area is 508 Å². The van der Waals surface area contributed by atoms with E-state index in [9.17, 15) is 15.0 Å². The Hall–Kier alpha value is -1.91. The van der Waals surface area contributed by atoms with Crippen molar-refractivity contribution in [3.05, 3.63) is 60.8 Å². The molecular weight excluding hydrogens is 987 g/mol. The molecule has 0 rings (SSSR count). The van der Waals surface area contributed by atoms with Crippen LogP contribution in [0, 0.1) is 0 Å².